The second kappa shape index (κ2) is 6.76. The van der Waals surface area contributed by atoms with Gasteiger partial charge in [-0.1, -0.05) is 12.1 Å². The lowest BCUT2D eigenvalue weighted by molar-refractivity contribution is -0.123. The molecule has 0 bridgehead atoms. The van der Waals surface area contributed by atoms with Crippen LogP contribution >= 0.6 is 0 Å². The minimum atomic E-state index is -0.665. The smallest absolute Gasteiger partial charge is 0.267 e. The van der Waals surface area contributed by atoms with Crippen LogP contribution < -0.4 is 11.3 Å². The van der Waals surface area contributed by atoms with E-state index >= 15 is 0 Å². The van der Waals surface area contributed by atoms with Crippen molar-refractivity contribution in [1.82, 2.24) is 14.7 Å². The van der Waals surface area contributed by atoms with Crippen molar-refractivity contribution in [2.75, 3.05) is 6.54 Å². The molecule has 1 atom stereocenters. The van der Waals surface area contributed by atoms with Gasteiger partial charge in [0.1, 0.15) is 11.9 Å². The fraction of sp³-hybridized carbons (Fsp3) is 0.389. The Morgan fingerprint density at radius 2 is 1.96 bits per heavy atom. The van der Waals surface area contributed by atoms with Gasteiger partial charge in [-0.25, -0.2) is 9.07 Å². The maximum Gasteiger partial charge on any atom is 0.267 e. The largest absolute Gasteiger partial charge is 0.368 e. The fourth-order valence-electron chi connectivity index (χ4n) is 3.23. The van der Waals surface area contributed by atoms with Crippen molar-refractivity contribution in [3.8, 4) is 0 Å². The van der Waals surface area contributed by atoms with Crippen LogP contribution in [0.15, 0.2) is 35.1 Å². The lowest BCUT2D eigenvalue weighted by Gasteiger charge is -2.33. The van der Waals surface area contributed by atoms with Crippen molar-refractivity contribution in [2.45, 2.75) is 38.9 Å². The molecule has 1 aromatic carbocycles. The van der Waals surface area contributed by atoms with Crippen LogP contribution in [-0.4, -0.2) is 27.1 Å². The van der Waals surface area contributed by atoms with E-state index in [1.54, 1.807) is 18.2 Å². The van der Waals surface area contributed by atoms with Gasteiger partial charge in [0.2, 0.25) is 5.91 Å². The summed E-state index contributed by atoms with van der Waals surface area (Å²) in [4.78, 5) is 26.1. The SMILES string of the molecule is CC(C)n1nc2c(cc1=O)CN(C(C(N)=O)c1ccc(F)cc1)CC2. The van der Waals surface area contributed by atoms with Crippen molar-refractivity contribution in [2.24, 2.45) is 5.73 Å². The van der Waals surface area contributed by atoms with E-state index in [2.05, 4.69) is 5.10 Å². The first-order valence-corrected chi connectivity index (χ1v) is 8.27. The van der Waals surface area contributed by atoms with Crippen molar-refractivity contribution in [3.05, 3.63) is 63.3 Å². The Bertz CT molecular complexity index is 845. The molecule has 1 aliphatic heterocycles. The van der Waals surface area contributed by atoms with Crippen LogP contribution in [0.25, 0.3) is 0 Å². The van der Waals surface area contributed by atoms with E-state index in [1.165, 1.54) is 16.8 Å². The molecule has 6 nitrogen and oxygen atoms in total. The van der Waals surface area contributed by atoms with Gasteiger partial charge in [0.05, 0.1) is 11.7 Å². The molecule has 1 unspecified atom stereocenters. The van der Waals surface area contributed by atoms with Crippen LogP contribution in [0.2, 0.25) is 0 Å². The number of halogens is 1. The summed E-state index contributed by atoms with van der Waals surface area (Å²) in [5.74, 6) is -0.868. The van der Waals surface area contributed by atoms with Gasteiger partial charge in [-0.05, 0) is 37.1 Å². The molecule has 0 saturated heterocycles. The zero-order chi connectivity index (χ0) is 18.1. The van der Waals surface area contributed by atoms with Crippen LogP contribution in [0.4, 0.5) is 4.39 Å². The zero-order valence-corrected chi connectivity index (χ0v) is 14.3. The van der Waals surface area contributed by atoms with Crippen molar-refractivity contribution >= 4 is 5.91 Å². The molecule has 0 saturated carbocycles. The predicted octanol–water partition coefficient (Wildman–Crippen LogP) is 1.55. The number of rotatable bonds is 4. The average Bonchev–Trinajstić information content (AvgIpc) is 2.55. The summed E-state index contributed by atoms with van der Waals surface area (Å²) in [6.45, 7) is 4.81. The highest BCUT2D eigenvalue weighted by Crippen LogP contribution is 2.27. The quantitative estimate of drug-likeness (QED) is 0.912. The highest BCUT2D eigenvalue weighted by molar-refractivity contribution is 5.81. The topological polar surface area (TPSA) is 81.2 Å². The normalized spacial score (nSPS) is 15.8. The Hall–Kier alpha value is -2.54. The monoisotopic (exact) mass is 344 g/mol. The minimum Gasteiger partial charge on any atom is -0.368 e. The molecular weight excluding hydrogens is 323 g/mol. The fourth-order valence-corrected chi connectivity index (χ4v) is 3.23. The zero-order valence-electron chi connectivity index (χ0n) is 14.3. The molecule has 2 heterocycles. The van der Waals surface area contributed by atoms with Crippen LogP contribution in [0.5, 0.6) is 0 Å². The Kier molecular flexibility index (Phi) is 4.67. The van der Waals surface area contributed by atoms with Gasteiger partial charge < -0.3 is 5.73 Å². The standard InChI is InChI=1S/C18H21FN4O2/c1-11(2)23-16(24)9-13-10-22(8-7-15(13)21-23)17(18(20)25)12-3-5-14(19)6-4-12/h3-6,9,11,17H,7-8,10H2,1-2H3,(H2,20,25). The number of benzene rings is 1. The third-order valence-corrected chi connectivity index (χ3v) is 4.44. The molecule has 25 heavy (non-hydrogen) atoms. The Morgan fingerprint density at radius 3 is 2.56 bits per heavy atom. The number of nitrogens with zero attached hydrogens (tertiary/aromatic N) is 3. The van der Waals surface area contributed by atoms with Gasteiger partial charge in [0, 0.05) is 25.6 Å². The van der Waals surface area contributed by atoms with Gasteiger partial charge in [-0.2, -0.15) is 5.10 Å². The van der Waals surface area contributed by atoms with Gasteiger partial charge in [-0.15, -0.1) is 0 Å². The lowest BCUT2D eigenvalue weighted by atomic mass is 9.99. The second-order valence-electron chi connectivity index (χ2n) is 6.57. The summed E-state index contributed by atoms with van der Waals surface area (Å²) in [5.41, 5.74) is 7.75. The summed E-state index contributed by atoms with van der Waals surface area (Å²) in [5, 5.41) is 4.45. The number of hydrogen-bond donors (Lipinski definition) is 1. The molecule has 3 rings (SSSR count). The molecule has 2 aromatic rings. The van der Waals surface area contributed by atoms with Crippen LogP contribution in [0.3, 0.4) is 0 Å². The van der Waals surface area contributed by atoms with E-state index in [0.29, 0.717) is 25.1 Å². The van der Waals surface area contributed by atoms with E-state index in [4.69, 9.17) is 5.73 Å². The van der Waals surface area contributed by atoms with E-state index in [0.717, 1.165) is 11.3 Å². The molecule has 1 aromatic heterocycles. The minimum absolute atomic E-state index is 0.00610. The molecule has 7 heteroatoms. The molecule has 0 radical (unpaired) electrons. The summed E-state index contributed by atoms with van der Waals surface area (Å²) in [6.07, 6.45) is 0.618. The molecule has 0 fully saturated rings. The van der Waals surface area contributed by atoms with Gasteiger partial charge in [-0.3, -0.25) is 14.5 Å². The number of hydrogen-bond acceptors (Lipinski definition) is 4. The number of carbonyl (C=O) groups is 1. The number of fused-ring (bicyclic) bond motifs is 1. The van der Waals surface area contributed by atoms with Gasteiger partial charge >= 0.3 is 0 Å². The Morgan fingerprint density at radius 1 is 1.28 bits per heavy atom. The molecule has 132 valence electrons. The number of aromatic nitrogens is 2. The summed E-state index contributed by atoms with van der Waals surface area (Å²) in [6, 6.07) is 6.66. The van der Waals surface area contributed by atoms with Crippen molar-refractivity contribution in [3.63, 3.8) is 0 Å². The molecule has 0 aliphatic carbocycles. The number of carbonyl (C=O) groups excluding carboxylic acids is 1. The second-order valence-corrected chi connectivity index (χ2v) is 6.57. The van der Waals surface area contributed by atoms with Crippen molar-refractivity contribution in [1.29, 1.82) is 0 Å². The van der Waals surface area contributed by atoms with E-state index < -0.39 is 11.9 Å². The first-order chi connectivity index (χ1) is 11.9. The third kappa shape index (κ3) is 3.46. The molecule has 2 N–H and O–H groups in total. The molecule has 1 amide bonds. The first-order valence-electron chi connectivity index (χ1n) is 8.27. The first kappa shape index (κ1) is 17.3. The van der Waals surface area contributed by atoms with Crippen LogP contribution in [0, 0.1) is 5.82 Å². The van der Waals surface area contributed by atoms with E-state index in [1.807, 2.05) is 18.7 Å². The molecule has 1 aliphatic rings. The van der Waals surface area contributed by atoms with Crippen LogP contribution in [0.1, 0.15) is 42.8 Å². The average molecular weight is 344 g/mol. The van der Waals surface area contributed by atoms with E-state index in [-0.39, 0.29) is 17.4 Å². The highest BCUT2D eigenvalue weighted by atomic mass is 19.1. The molecular formula is C18H21FN4O2. The maximum atomic E-state index is 13.2. The molecule has 0 spiro atoms. The summed E-state index contributed by atoms with van der Waals surface area (Å²) >= 11 is 0. The Labute approximate surface area is 145 Å². The number of amides is 1. The summed E-state index contributed by atoms with van der Waals surface area (Å²) in [7, 11) is 0. The Balaban J connectivity index is 1.92. The van der Waals surface area contributed by atoms with E-state index in [9.17, 15) is 14.0 Å². The van der Waals surface area contributed by atoms with Gasteiger partial charge in [0.25, 0.3) is 5.56 Å². The van der Waals surface area contributed by atoms with Gasteiger partial charge in [0.15, 0.2) is 0 Å². The van der Waals surface area contributed by atoms with Crippen LogP contribution in [-0.2, 0) is 17.8 Å². The predicted molar refractivity (Wildman–Crippen MR) is 91.3 cm³/mol. The maximum absolute atomic E-state index is 13.2. The highest BCUT2D eigenvalue weighted by Gasteiger charge is 2.30. The number of nitrogens with two attached hydrogens (primary N) is 1. The van der Waals surface area contributed by atoms with Crippen molar-refractivity contribution < 1.29 is 9.18 Å². The summed E-state index contributed by atoms with van der Waals surface area (Å²) < 4.78 is 14.6. The lowest BCUT2D eigenvalue weighted by Crippen LogP contribution is -2.42. The third-order valence-electron chi connectivity index (χ3n) is 4.44. The number of primary amides is 1.